The second-order valence-corrected chi connectivity index (χ2v) is 15.3. The van der Waals surface area contributed by atoms with Crippen LogP contribution in [0.1, 0.15) is 72.0 Å². The Balaban J connectivity index is 0.000000214. The predicted octanol–water partition coefficient (Wildman–Crippen LogP) is 9.81. The lowest BCUT2D eigenvalue weighted by molar-refractivity contribution is -0.132. The van der Waals surface area contributed by atoms with E-state index >= 15 is 0 Å². The smallest absolute Gasteiger partial charge is 0.337 e. The molecule has 0 atom stereocenters. The van der Waals surface area contributed by atoms with Gasteiger partial charge in [-0.25, -0.2) is 9.59 Å². The fourth-order valence-electron chi connectivity index (χ4n) is 6.67. The Morgan fingerprint density at radius 3 is 0.985 bits per heavy atom. The highest BCUT2D eigenvalue weighted by Gasteiger charge is 2.18. The molecule has 0 spiro atoms. The van der Waals surface area contributed by atoms with Crippen molar-refractivity contribution in [1.29, 1.82) is 0 Å². The van der Waals surface area contributed by atoms with E-state index in [1.807, 2.05) is 106 Å². The van der Waals surface area contributed by atoms with Crippen molar-refractivity contribution < 1.29 is 47.7 Å². The van der Waals surface area contributed by atoms with Gasteiger partial charge in [0, 0.05) is 59.2 Å². The van der Waals surface area contributed by atoms with Gasteiger partial charge in [-0.05, 0) is 119 Å². The Kier molecular flexibility index (Phi) is 17.6. The van der Waals surface area contributed by atoms with Crippen molar-refractivity contribution in [1.82, 2.24) is 9.80 Å². The highest BCUT2D eigenvalue weighted by molar-refractivity contribution is 6.01. The lowest BCUT2D eigenvalue weighted by atomic mass is 9.96. The van der Waals surface area contributed by atoms with Gasteiger partial charge in [0.25, 0.3) is 11.8 Å². The summed E-state index contributed by atoms with van der Waals surface area (Å²) in [5, 5.41) is 0. The minimum atomic E-state index is -0.490. The van der Waals surface area contributed by atoms with Crippen LogP contribution in [-0.2, 0) is 19.1 Å². The minimum absolute atomic E-state index is 0.117. The van der Waals surface area contributed by atoms with Gasteiger partial charge in [-0.1, -0.05) is 72.8 Å². The first-order valence-corrected chi connectivity index (χ1v) is 20.4. The van der Waals surface area contributed by atoms with Crippen LogP contribution in [-0.4, -0.2) is 87.9 Å². The Labute approximate surface area is 380 Å². The first kappa shape index (κ1) is 49.8. The average Bonchev–Trinajstić information content (AvgIpc) is 3.27. The fourth-order valence-corrected chi connectivity index (χ4v) is 6.67. The molecule has 65 heavy (non-hydrogen) atoms. The van der Waals surface area contributed by atoms with E-state index in [9.17, 15) is 28.8 Å². The van der Waals surface area contributed by atoms with Crippen molar-refractivity contribution in [3.05, 3.63) is 166 Å². The molecule has 0 unspecified atom stereocenters. The van der Waals surface area contributed by atoms with Gasteiger partial charge in [-0.3, -0.25) is 19.2 Å². The molecular formula is C53H54N2O10. The van der Waals surface area contributed by atoms with Crippen LogP contribution in [0.15, 0.2) is 127 Å². The SMILES string of the molecule is CC(=O)Oc1cc(OC(C)=O)cc(-c2ccccc2C)c1.COC(=O)c1cc(C(=O)OC)cc(-c2ccccc2C)c1.Cc1ccccc1-c1cc(C(=O)N(C)C)cc(C(=O)N(C)C)c1. The molecule has 0 radical (unpaired) electrons. The van der Waals surface area contributed by atoms with Crippen LogP contribution in [0.5, 0.6) is 11.5 Å². The van der Waals surface area contributed by atoms with E-state index in [0.29, 0.717) is 33.8 Å². The zero-order chi connectivity index (χ0) is 48.0. The lowest BCUT2D eigenvalue weighted by Crippen LogP contribution is -2.24. The van der Waals surface area contributed by atoms with Gasteiger partial charge in [-0.2, -0.15) is 0 Å². The topological polar surface area (TPSA) is 146 Å². The normalized spacial score (nSPS) is 10.1. The first-order chi connectivity index (χ1) is 30.8. The monoisotopic (exact) mass is 878 g/mol. The molecule has 0 heterocycles. The van der Waals surface area contributed by atoms with Crippen LogP contribution in [0.3, 0.4) is 0 Å². The largest absolute Gasteiger partial charge is 0.465 e. The van der Waals surface area contributed by atoms with Crippen molar-refractivity contribution in [3.63, 3.8) is 0 Å². The van der Waals surface area contributed by atoms with Gasteiger partial charge in [0.05, 0.1) is 25.3 Å². The number of hydrogen-bond acceptors (Lipinski definition) is 10. The molecule has 12 heteroatoms. The van der Waals surface area contributed by atoms with Crippen molar-refractivity contribution >= 4 is 35.7 Å². The number of esters is 4. The van der Waals surface area contributed by atoms with Gasteiger partial charge >= 0.3 is 23.9 Å². The van der Waals surface area contributed by atoms with Gasteiger partial charge < -0.3 is 28.7 Å². The molecule has 0 saturated heterocycles. The maximum atomic E-state index is 12.4. The number of carbonyl (C=O) groups is 6. The van der Waals surface area contributed by atoms with Gasteiger partial charge in [0.15, 0.2) is 0 Å². The third-order valence-corrected chi connectivity index (χ3v) is 9.79. The standard InChI is InChI=1S/C19H22N2O2.2C17H16O4/c1-13-8-6-7-9-17(13)14-10-15(18(22)20(2)3)12-16(11-14)19(23)21(4)5;1-11-6-4-5-7-15(11)12-8-13(16(18)20-2)10-14(9-12)17(19)21-3;1-11-6-4-5-7-17(11)14-8-15(20-12(2)18)10-16(9-14)21-13(3)19/h6-12H,1-5H3;2*4-10H,1-3H3. The number of carbonyl (C=O) groups excluding carboxylic acids is 6. The summed E-state index contributed by atoms with van der Waals surface area (Å²) in [5.41, 5.74) is 10.3. The zero-order valence-electron chi connectivity index (χ0n) is 38.6. The Hall–Kier alpha value is -7.86. The molecule has 0 saturated carbocycles. The summed E-state index contributed by atoms with van der Waals surface area (Å²) in [4.78, 5) is 73.6. The average molecular weight is 879 g/mol. The number of ether oxygens (including phenoxy) is 4. The maximum Gasteiger partial charge on any atom is 0.337 e. The number of rotatable bonds is 9. The minimum Gasteiger partial charge on any atom is -0.465 e. The molecule has 0 bridgehead atoms. The van der Waals surface area contributed by atoms with E-state index in [1.165, 1.54) is 50.0 Å². The van der Waals surface area contributed by atoms with Crippen LogP contribution in [0.25, 0.3) is 33.4 Å². The van der Waals surface area contributed by atoms with Crippen LogP contribution >= 0.6 is 0 Å². The number of methoxy groups -OCH3 is 2. The molecule has 6 rings (SSSR count). The molecule has 0 aliphatic heterocycles. The highest BCUT2D eigenvalue weighted by Crippen LogP contribution is 2.32. The Morgan fingerprint density at radius 2 is 0.692 bits per heavy atom. The summed E-state index contributed by atoms with van der Waals surface area (Å²) < 4.78 is 19.7. The summed E-state index contributed by atoms with van der Waals surface area (Å²) in [6.45, 7) is 8.62. The first-order valence-electron chi connectivity index (χ1n) is 20.4. The number of hydrogen-bond donors (Lipinski definition) is 0. The summed E-state index contributed by atoms with van der Waals surface area (Å²) in [7, 11) is 9.43. The summed E-state index contributed by atoms with van der Waals surface area (Å²) in [6.07, 6.45) is 0. The van der Waals surface area contributed by atoms with Crippen LogP contribution in [0.2, 0.25) is 0 Å². The quantitative estimate of drug-likeness (QED) is 0.102. The molecule has 6 aromatic rings. The molecule has 0 fully saturated rings. The molecule has 6 aromatic carbocycles. The molecule has 0 aliphatic carbocycles. The van der Waals surface area contributed by atoms with E-state index < -0.39 is 23.9 Å². The number of aryl methyl sites for hydroxylation is 3. The van der Waals surface area contributed by atoms with Gasteiger partial charge in [0.2, 0.25) is 0 Å². The third-order valence-electron chi connectivity index (χ3n) is 9.79. The zero-order valence-corrected chi connectivity index (χ0v) is 38.6. The number of amides is 2. The second kappa shape index (κ2) is 23.0. The summed E-state index contributed by atoms with van der Waals surface area (Å²) >= 11 is 0. The summed E-state index contributed by atoms with van der Waals surface area (Å²) in [5.74, 6) is -1.37. The summed E-state index contributed by atoms with van der Waals surface area (Å²) in [6, 6.07) is 38.8. The Morgan fingerprint density at radius 1 is 0.400 bits per heavy atom. The number of benzene rings is 6. The molecule has 2 amide bonds. The molecule has 0 aliphatic rings. The second-order valence-electron chi connectivity index (χ2n) is 15.3. The number of nitrogens with zero attached hydrogens (tertiary/aromatic N) is 2. The van der Waals surface area contributed by atoms with E-state index in [2.05, 4.69) is 0 Å². The fraction of sp³-hybridized carbons (Fsp3) is 0.208. The highest BCUT2D eigenvalue weighted by atomic mass is 16.5. The molecule has 336 valence electrons. The lowest BCUT2D eigenvalue weighted by Gasteiger charge is -2.16. The molecular weight excluding hydrogens is 825 g/mol. The van der Waals surface area contributed by atoms with Gasteiger partial charge in [-0.15, -0.1) is 0 Å². The predicted molar refractivity (Wildman–Crippen MR) is 251 cm³/mol. The molecule has 0 aromatic heterocycles. The molecule has 0 N–H and O–H groups in total. The van der Waals surface area contributed by atoms with E-state index in [0.717, 1.165) is 50.1 Å². The van der Waals surface area contributed by atoms with Crippen molar-refractivity contribution in [2.45, 2.75) is 34.6 Å². The van der Waals surface area contributed by atoms with Gasteiger partial charge in [0.1, 0.15) is 11.5 Å². The Bertz CT molecular complexity index is 2610. The maximum absolute atomic E-state index is 12.4. The third kappa shape index (κ3) is 13.8. The van der Waals surface area contributed by atoms with Crippen molar-refractivity contribution in [2.24, 2.45) is 0 Å². The van der Waals surface area contributed by atoms with Crippen molar-refractivity contribution in [2.75, 3.05) is 42.4 Å². The van der Waals surface area contributed by atoms with Crippen LogP contribution in [0, 0.1) is 20.8 Å². The van der Waals surface area contributed by atoms with Crippen molar-refractivity contribution in [3.8, 4) is 44.9 Å². The van der Waals surface area contributed by atoms with E-state index in [-0.39, 0.29) is 11.8 Å². The van der Waals surface area contributed by atoms with E-state index in [1.54, 1.807) is 58.5 Å². The molecule has 12 nitrogen and oxygen atoms in total. The van der Waals surface area contributed by atoms with Crippen LogP contribution in [0.4, 0.5) is 0 Å². The van der Waals surface area contributed by atoms with E-state index in [4.69, 9.17) is 18.9 Å². The van der Waals surface area contributed by atoms with Crippen LogP contribution < -0.4 is 9.47 Å².